The van der Waals surface area contributed by atoms with Gasteiger partial charge in [0.1, 0.15) is 0 Å². The van der Waals surface area contributed by atoms with Crippen LogP contribution in [-0.4, -0.2) is 7.11 Å². The highest BCUT2D eigenvalue weighted by atomic mass is 32.7. The molecule has 0 spiro atoms. The Labute approximate surface area is 112 Å². The van der Waals surface area contributed by atoms with E-state index >= 15 is 0 Å². The van der Waals surface area contributed by atoms with Gasteiger partial charge < -0.3 is 4.52 Å². The van der Waals surface area contributed by atoms with Crippen LogP contribution in [0.4, 0.5) is 0 Å². The molecule has 0 saturated heterocycles. The zero-order valence-electron chi connectivity index (χ0n) is 10.2. The number of rotatable bonds is 5. The molecule has 4 heteroatoms. The molecule has 0 radical (unpaired) electrons. The van der Waals surface area contributed by atoms with E-state index in [1.807, 2.05) is 60.7 Å². The molecule has 0 aliphatic carbocycles. The second-order valence-corrected chi connectivity index (χ2v) is 8.62. The normalized spacial score (nSPS) is 14.1. The van der Waals surface area contributed by atoms with Crippen molar-refractivity contribution in [1.82, 2.24) is 0 Å². The fourth-order valence-electron chi connectivity index (χ4n) is 1.58. The van der Waals surface area contributed by atoms with Crippen molar-refractivity contribution in [2.75, 3.05) is 7.11 Å². The standard InChI is InChI=1S/C14H15O2PS/c1-16-17(15,12-13-8-4-2-5-9-13)18-14-10-6-3-7-11-14/h2-11H,12H2,1H3. The molecule has 0 amide bonds. The molecule has 0 bridgehead atoms. The van der Waals surface area contributed by atoms with Crippen LogP contribution in [-0.2, 0) is 15.3 Å². The van der Waals surface area contributed by atoms with Gasteiger partial charge >= 0.3 is 0 Å². The van der Waals surface area contributed by atoms with E-state index in [1.165, 1.54) is 18.5 Å². The Balaban J connectivity index is 2.14. The van der Waals surface area contributed by atoms with Crippen LogP contribution in [0.25, 0.3) is 0 Å². The van der Waals surface area contributed by atoms with E-state index in [4.69, 9.17) is 4.52 Å². The third-order valence-corrected chi connectivity index (χ3v) is 6.86. The van der Waals surface area contributed by atoms with Crippen molar-refractivity contribution in [2.45, 2.75) is 11.1 Å². The maximum absolute atomic E-state index is 12.7. The summed E-state index contributed by atoms with van der Waals surface area (Å²) in [6.45, 7) is -2.73. The van der Waals surface area contributed by atoms with Crippen molar-refractivity contribution in [2.24, 2.45) is 0 Å². The zero-order valence-corrected chi connectivity index (χ0v) is 11.9. The van der Waals surface area contributed by atoms with Gasteiger partial charge in [-0.2, -0.15) is 0 Å². The monoisotopic (exact) mass is 278 g/mol. The lowest BCUT2D eigenvalue weighted by molar-refractivity contribution is 0.408. The molecule has 0 aromatic heterocycles. The first-order valence-electron chi connectivity index (χ1n) is 5.65. The molecular weight excluding hydrogens is 263 g/mol. The maximum Gasteiger partial charge on any atom is 0.266 e. The van der Waals surface area contributed by atoms with E-state index in [0.29, 0.717) is 6.16 Å². The molecule has 2 rings (SSSR count). The minimum atomic E-state index is -2.73. The minimum absolute atomic E-state index is 0.448. The highest BCUT2D eigenvalue weighted by molar-refractivity contribution is 8.56. The van der Waals surface area contributed by atoms with Crippen LogP contribution in [0.3, 0.4) is 0 Å². The third-order valence-electron chi connectivity index (χ3n) is 2.48. The molecule has 1 atom stereocenters. The SMILES string of the molecule is COP(=O)(Cc1ccccc1)Sc1ccccc1. The predicted octanol–water partition coefficient (Wildman–Crippen LogP) is 4.82. The zero-order chi connectivity index (χ0) is 12.8. The summed E-state index contributed by atoms with van der Waals surface area (Å²) in [5.74, 6) is 0. The molecule has 1 unspecified atom stereocenters. The van der Waals surface area contributed by atoms with Crippen molar-refractivity contribution in [3.8, 4) is 0 Å². The Morgan fingerprint density at radius 3 is 2.11 bits per heavy atom. The quantitative estimate of drug-likeness (QED) is 0.733. The van der Waals surface area contributed by atoms with Gasteiger partial charge in [-0.15, -0.1) is 0 Å². The number of benzene rings is 2. The van der Waals surface area contributed by atoms with Crippen molar-refractivity contribution in [3.63, 3.8) is 0 Å². The predicted molar refractivity (Wildman–Crippen MR) is 77.1 cm³/mol. The molecule has 18 heavy (non-hydrogen) atoms. The van der Waals surface area contributed by atoms with Crippen molar-refractivity contribution >= 4 is 18.0 Å². The van der Waals surface area contributed by atoms with E-state index in [-0.39, 0.29) is 0 Å². The topological polar surface area (TPSA) is 26.3 Å². The van der Waals surface area contributed by atoms with Crippen LogP contribution in [0.5, 0.6) is 0 Å². The smallest absolute Gasteiger partial charge is 0.266 e. The fraction of sp³-hybridized carbons (Fsp3) is 0.143. The second kappa shape index (κ2) is 6.24. The Hall–Kier alpha value is -1.02. The Bertz CT molecular complexity index is 483. The first-order chi connectivity index (χ1) is 8.72. The van der Waals surface area contributed by atoms with E-state index in [2.05, 4.69) is 0 Å². The summed E-state index contributed by atoms with van der Waals surface area (Å²) in [5, 5.41) is 0. The summed E-state index contributed by atoms with van der Waals surface area (Å²) in [7, 11) is 1.51. The lowest BCUT2D eigenvalue weighted by Gasteiger charge is -2.15. The van der Waals surface area contributed by atoms with Gasteiger partial charge in [0, 0.05) is 12.0 Å². The summed E-state index contributed by atoms with van der Waals surface area (Å²) in [5.41, 5.74) is 1.03. The Morgan fingerprint density at radius 1 is 1.00 bits per heavy atom. The molecule has 0 aliphatic rings. The summed E-state index contributed by atoms with van der Waals surface area (Å²) in [4.78, 5) is 0.971. The third kappa shape index (κ3) is 3.74. The molecule has 0 aliphatic heterocycles. The van der Waals surface area contributed by atoms with Crippen LogP contribution in [0, 0.1) is 0 Å². The lowest BCUT2D eigenvalue weighted by Crippen LogP contribution is -1.88. The van der Waals surface area contributed by atoms with E-state index in [9.17, 15) is 4.57 Å². The molecule has 94 valence electrons. The molecule has 0 heterocycles. The van der Waals surface area contributed by atoms with Gasteiger partial charge in [0.15, 0.2) is 0 Å². The fourth-order valence-corrected chi connectivity index (χ4v) is 5.30. The molecular formula is C14H15O2PS. The first kappa shape index (κ1) is 13.4. The van der Waals surface area contributed by atoms with E-state index in [1.54, 1.807) is 0 Å². The van der Waals surface area contributed by atoms with Crippen LogP contribution < -0.4 is 0 Å². The highest BCUT2D eigenvalue weighted by Gasteiger charge is 2.23. The molecule has 0 saturated carbocycles. The molecule has 0 N–H and O–H groups in total. The highest BCUT2D eigenvalue weighted by Crippen LogP contribution is 2.64. The van der Waals surface area contributed by atoms with Crippen molar-refractivity contribution in [3.05, 3.63) is 66.2 Å². The Morgan fingerprint density at radius 2 is 1.56 bits per heavy atom. The van der Waals surface area contributed by atoms with Crippen LogP contribution in [0.2, 0.25) is 0 Å². The van der Waals surface area contributed by atoms with Gasteiger partial charge in [0.2, 0.25) is 0 Å². The van der Waals surface area contributed by atoms with Gasteiger partial charge in [-0.3, -0.25) is 4.57 Å². The lowest BCUT2D eigenvalue weighted by atomic mass is 10.2. The first-order valence-corrected chi connectivity index (χ1v) is 8.88. The maximum atomic E-state index is 12.7. The number of hydrogen-bond acceptors (Lipinski definition) is 3. The van der Waals surface area contributed by atoms with E-state index < -0.39 is 6.57 Å². The van der Waals surface area contributed by atoms with E-state index in [0.717, 1.165) is 10.5 Å². The molecule has 2 aromatic rings. The molecule has 2 nitrogen and oxygen atoms in total. The average molecular weight is 278 g/mol. The van der Waals surface area contributed by atoms with Crippen molar-refractivity contribution in [1.29, 1.82) is 0 Å². The average Bonchev–Trinajstić information content (AvgIpc) is 2.41. The van der Waals surface area contributed by atoms with Gasteiger partial charge in [-0.05, 0) is 29.1 Å². The van der Waals surface area contributed by atoms with Crippen LogP contribution >= 0.6 is 18.0 Å². The second-order valence-electron chi connectivity index (χ2n) is 3.84. The Kier molecular flexibility index (Phi) is 4.65. The van der Waals surface area contributed by atoms with Gasteiger partial charge in [-0.25, -0.2) is 0 Å². The minimum Gasteiger partial charge on any atom is -0.324 e. The van der Waals surface area contributed by atoms with Gasteiger partial charge in [0.25, 0.3) is 6.57 Å². The van der Waals surface area contributed by atoms with Gasteiger partial charge in [-0.1, -0.05) is 48.5 Å². The molecule has 0 fully saturated rings. The van der Waals surface area contributed by atoms with Crippen LogP contribution in [0.15, 0.2) is 65.6 Å². The summed E-state index contributed by atoms with van der Waals surface area (Å²) in [6.07, 6.45) is 0.448. The van der Waals surface area contributed by atoms with Crippen LogP contribution in [0.1, 0.15) is 5.56 Å². The van der Waals surface area contributed by atoms with Crippen molar-refractivity contribution < 1.29 is 9.09 Å². The van der Waals surface area contributed by atoms with Gasteiger partial charge in [0.05, 0.1) is 6.16 Å². The molecule has 2 aromatic carbocycles. The summed E-state index contributed by atoms with van der Waals surface area (Å²) in [6, 6.07) is 19.5. The largest absolute Gasteiger partial charge is 0.324 e. The number of hydrogen-bond donors (Lipinski definition) is 0. The summed E-state index contributed by atoms with van der Waals surface area (Å²) < 4.78 is 17.9. The summed E-state index contributed by atoms with van der Waals surface area (Å²) >= 11 is 1.32.